The van der Waals surface area contributed by atoms with Gasteiger partial charge in [-0.25, -0.2) is 22.7 Å². The molecule has 5 rings (SSSR count). The summed E-state index contributed by atoms with van der Waals surface area (Å²) in [5.41, 5.74) is 1.04. The van der Waals surface area contributed by atoms with Crippen LogP contribution in [0.3, 0.4) is 0 Å². The standard InChI is InChI=1S/C26H20ClF3N6O2/c1-14-10-23(34-35(14)13-17-18(27)7-5-8-19(17)28)33-26(37)16-12-31-36-21(24(29)30)11-20(32-25(16)36)15-6-3-4-9-22(15)38-2/h3-12,24H,13H2,1-2H3,(H,33,34,37). The summed E-state index contributed by atoms with van der Waals surface area (Å²) in [6.07, 6.45) is -1.72. The molecule has 3 heterocycles. The van der Waals surface area contributed by atoms with Crippen molar-refractivity contribution < 1.29 is 22.7 Å². The molecule has 5 aromatic rings. The van der Waals surface area contributed by atoms with Gasteiger partial charge in [-0.3, -0.25) is 9.48 Å². The molecule has 1 N–H and O–H groups in total. The molecule has 0 aliphatic heterocycles. The summed E-state index contributed by atoms with van der Waals surface area (Å²) in [7, 11) is 1.46. The highest BCUT2D eigenvalue weighted by Crippen LogP contribution is 2.32. The number of ether oxygens (including phenoxy) is 1. The van der Waals surface area contributed by atoms with Crippen molar-refractivity contribution >= 4 is 29.0 Å². The van der Waals surface area contributed by atoms with Gasteiger partial charge in [-0.05, 0) is 37.3 Å². The van der Waals surface area contributed by atoms with Crippen molar-refractivity contribution in [2.45, 2.75) is 19.9 Å². The fraction of sp³-hybridized carbons (Fsp3) is 0.154. The first-order valence-corrected chi connectivity index (χ1v) is 11.7. The van der Waals surface area contributed by atoms with Gasteiger partial charge in [0.1, 0.15) is 22.8 Å². The van der Waals surface area contributed by atoms with Crippen LogP contribution in [0.25, 0.3) is 16.9 Å². The van der Waals surface area contributed by atoms with Gasteiger partial charge < -0.3 is 10.1 Å². The largest absolute Gasteiger partial charge is 0.496 e. The Balaban J connectivity index is 1.49. The molecule has 1 amide bonds. The zero-order chi connectivity index (χ0) is 27.0. The predicted octanol–water partition coefficient (Wildman–Crippen LogP) is 5.94. The summed E-state index contributed by atoms with van der Waals surface area (Å²) in [5, 5.41) is 11.2. The van der Waals surface area contributed by atoms with E-state index in [0.29, 0.717) is 17.0 Å². The number of halogens is 4. The number of alkyl halides is 2. The van der Waals surface area contributed by atoms with Gasteiger partial charge in [0.15, 0.2) is 11.5 Å². The predicted molar refractivity (Wildman–Crippen MR) is 135 cm³/mol. The summed E-state index contributed by atoms with van der Waals surface area (Å²) in [6.45, 7) is 1.79. The zero-order valence-electron chi connectivity index (χ0n) is 20.1. The molecule has 3 aromatic heterocycles. The van der Waals surface area contributed by atoms with E-state index in [1.54, 1.807) is 43.3 Å². The first-order valence-electron chi connectivity index (χ1n) is 11.4. The van der Waals surface area contributed by atoms with E-state index in [1.807, 2.05) is 0 Å². The SMILES string of the molecule is COc1ccccc1-c1cc(C(F)F)n2ncc(C(=O)Nc3cc(C)n(Cc4c(F)cccc4Cl)n3)c2n1. The molecule has 0 unspecified atom stereocenters. The summed E-state index contributed by atoms with van der Waals surface area (Å²) in [6, 6.07) is 14.0. The minimum absolute atomic E-state index is 0.0343. The number of fused-ring (bicyclic) bond motifs is 1. The third-order valence-corrected chi connectivity index (χ3v) is 6.30. The molecule has 0 aliphatic rings. The van der Waals surface area contributed by atoms with Crippen LogP contribution >= 0.6 is 11.6 Å². The van der Waals surface area contributed by atoms with Crippen molar-refractivity contribution in [3.05, 3.63) is 94.1 Å². The molecule has 0 atom stereocenters. The highest BCUT2D eigenvalue weighted by atomic mass is 35.5. The molecule has 0 saturated carbocycles. The number of nitrogens with zero attached hydrogens (tertiary/aromatic N) is 5. The monoisotopic (exact) mass is 540 g/mol. The number of amides is 1. The molecule has 0 bridgehead atoms. The van der Waals surface area contributed by atoms with Gasteiger partial charge in [0.05, 0.1) is 25.5 Å². The number of para-hydroxylation sites is 1. The van der Waals surface area contributed by atoms with Gasteiger partial charge in [0, 0.05) is 27.9 Å². The third-order valence-electron chi connectivity index (χ3n) is 5.94. The van der Waals surface area contributed by atoms with Crippen LogP contribution in [0, 0.1) is 12.7 Å². The minimum atomic E-state index is -2.88. The van der Waals surface area contributed by atoms with Gasteiger partial charge >= 0.3 is 0 Å². The van der Waals surface area contributed by atoms with Crippen LogP contribution in [0.4, 0.5) is 19.0 Å². The van der Waals surface area contributed by atoms with E-state index in [-0.39, 0.29) is 39.9 Å². The van der Waals surface area contributed by atoms with E-state index >= 15 is 0 Å². The van der Waals surface area contributed by atoms with Gasteiger partial charge in [0.2, 0.25) is 0 Å². The summed E-state index contributed by atoms with van der Waals surface area (Å²) >= 11 is 6.13. The van der Waals surface area contributed by atoms with Gasteiger partial charge in [-0.15, -0.1) is 0 Å². The fourth-order valence-electron chi connectivity index (χ4n) is 4.04. The first-order chi connectivity index (χ1) is 18.3. The molecular weight excluding hydrogens is 521 g/mol. The first kappa shape index (κ1) is 25.3. The average Bonchev–Trinajstić information content (AvgIpc) is 3.48. The molecule has 0 aliphatic carbocycles. The molecule has 0 saturated heterocycles. The Kier molecular flexibility index (Phi) is 6.77. The molecule has 0 spiro atoms. The average molecular weight is 541 g/mol. The molecule has 8 nitrogen and oxygen atoms in total. The number of carbonyl (C=O) groups excluding carboxylic acids is 1. The lowest BCUT2D eigenvalue weighted by molar-refractivity contribution is 0.102. The van der Waals surface area contributed by atoms with Crippen molar-refractivity contribution in [3.63, 3.8) is 0 Å². The lowest BCUT2D eigenvalue weighted by Gasteiger charge is -2.11. The lowest BCUT2D eigenvalue weighted by Crippen LogP contribution is -2.14. The van der Waals surface area contributed by atoms with Crippen molar-refractivity contribution in [1.29, 1.82) is 0 Å². The van der Waals surface area contributed by atoms with Crippen LogP contribution in [0.5, 0.6) is 5.75 Å². The summed E-state index contributed by atoms with van der Waals surface area (Å²) in [5.74, 6) is -0.519. The van der Waals surface area contributed by atoms with Gasteiger partial charge in [-0.2, -0.15) is 10.2 Å². The molecule has 12 heteroatoms. The molecule has 0 radical (unpaired) electrons. The Morgan fingerprint density at radius 2 is 1.95 bits per heavy atom. The van der Waals surface area contributed by atoms with Crippen LogP contribution in [0.1, 0.15) is 33.7 Å². The zero-order valence-corrected chi connectivity index (χ0v) is 20.9. The second-order valence-electron chi connectivity index (χ2n) is 8.34. The van der Waals surface area contributed by atoms with Crippen LogP contribution in [-0.2, 0) is 6.54 Å². The highest BCUT2D eigenvalue weighted by molar-refractivity contribution is 6.31. The molecule has 2 aromatic carbocycles. The van der Waals surface area contributed by atoms with Gasteiger partial charge in [0.25, 0.3) is 12.3 Å². The van der Waals surface area contributed by atoms with Crippen LogP contribution in [0.15, 0.2) is 60.8 Å². The Morgan fingerprint density at radius 3 is 2.68 bits per heavy atom. The molecular formula is C26H20ClF3N6O2. The maximum absolute atomic E-state index is 14.2. The maximum Gasteiger partial charge on any atom is 0.280 e. The van der Waals surface area contributed by atoms with Crippen molar-refractivity contribution in [1.82, 2.24) is 24.4 Å². The van der Waals surface area contributed by atoms with E-state index in [2.05, 4.69) is 20.5 Å². The number of hydrogen-bond acceptors (Lipinski definition) is 5. The van der Waals surface area contributed by atoms with Crippen molar-refractivity contribution in [2.75, 3.05) is 12.4 Å². The smallest absolute Gasteiger partial charge is 0.280 e. The van der Waals surface area contributed by atoms with E-state index in [1.165, 1.54) is 36.2 Å². The van der Waals surface area contributed by atoms with Crippen LogP contribution in [-0.4, -0.2) is 37.4 Å². The number of rotatable bonds is 7. The van der Waals surface area contributed by atoms with E-state index in [9.17, 15) is 18.0 Å². The number of aryl methyl sites for hydroxylation is 1. The second kappa shape index (κ2) is 10.2. The number of methoxy groups -OCH3 is 1. The van der Waals surface area contributed by atoms with Crippen LogP contribution < -0.4 is 10.1 Å². The topological polar surface area (TPSA) is 86.3 Å². The normalized spacial score (nSPS) is 11.3. The van der Waals surface area contributed by atoms with Crippen molar-refractivity contribution in [2.24, 2.45) is 0 Å². The lowest BCUT2D eigenvalue weighted by atomic mass is 10.1. The van der Waals surface area contributed by atoms with Crippen LogP contribution in [0.2, 0.25) is 5.02 Å². The maximum atomic E-state index is 14.2. The van der Waals surface area contributed by atoms with Crippen molar-refractivity contribution in [3.8, 4) is 17.0 Å². The number of aromatic nitrogens is 5. The Labute approximate surface area is 219 Å². The molecule has 0 fully saturated rings. The fourth-order valence-corrected chi connectivity index (χ4v) is 4.27. The number of hydrogen-bond donors (Lipinski definition) is 1. The van der Waals surface area contributed by atoms with Gasteiger partial charge in [-0.1, -0.05) is 29.8 Å². The quantitative estimate of drug-likeness (QED) is 0.276. The number of carbonyl (C=O) groups is 1. The number of anilines is 1. The third kappa shape index (κ3) is 4.68. The molecule has 38 heavy (non-hydrogen) atoms. The number of benzene rings is 2. The highest BCUT2D eigenvalue weighted by Gasteiger charge is 2.23. The Hall–Kier alpha value is -4.38. The second-order valence-corrected chi connectivity index (χ2v) is 8.75. The Bertz CT molecular complexity index is 1650. The summed E-state index contributed by atoms with van der Waals surface area (Å²) < 4.78 is 49.9. The molecule has 194 valence electrons. The number of nitrogens with one attached hydrogen (secondary N) is 1. The van der Waals surface area contributed by atoms with E-state index < -0.39 is 23.8 Å². The summed E-state index contributed by atoms with van der Waals surface area (Å²) in [4.78, 5) is 17.6. The Morgan fingerprint density at radius 1 is 1.16 bits per heavy atom. The minimum Gasteiger partial charge on any atom is -0.496 e. The van der Waals surface area contributed by atoms with E-state index in [0.717, 1.165) is 4.52 Å². The van der Waals surface area contributed by atoms with E-state index in [4.69, 9.17) is 16.3 Å².